The van der Waals surface area contributed by atoms with Gasteiger partial charge in [-0.15, -0.1) is 20.4 Å². The molecule has 0 aliphatic carbocycles. The quantitative estimate of drug-likeness (QED) is 0.246. The Morgan fingerprint density at radius 1 is 0.667 bits per heavy atom. The van der Waals surface area contributed by atoms with Crippen molar-refractivity contribution >= 4 is 78.5 Å². The molecule has 0 spiro atoms. The second-order valence-corrected chi connectivity index (χ2v) is 15.4. The second kappa shape index (κ2) is 14.4. The molecule has 5 heterocycles. The molecule has 0 unspecified atom stereocenters. The number of aromatic nitrogens is 4. The molecule has 0 saturated carbocycles. The van der Waals surface area contributed by atoms with Gasteiger partial charge in [-0.2, -0.15) is 20.2 Å². The van der Waals surface area contributed by atoms with E-state index in [-0.39, 0.29) is 10.7 Å². The van der Waals surface area contributed by atoms with Crippen LogP contribution < -0.4 is 0 Å². The molecule has 1 saturated heterocycles. The summed E-state index contributed by atoms with van der Waals surface area (Å²) < 4.78 is 0. The molecule has 16 heteroatoms. The Labute approximate surface area is 264 Å². The van der Waals surface area contributed by atoms with Crippen LogP contribution in [0, 0.1) is 13.8 Å². The summed E-state index contributed by atoms with van der Waals surface area (Å²) in [5.74, 6) is 1.70. The molecule has 12 nitrogen and oxygen atoms in total. The van der Waals surface area contributed by atoms with E-state index < -0.39 is 0 Å². The fraction of sp³-hybridized carbons (Fsp3) is 0.692. The van der Waals surface area contributed by atoms with Gasteiger partial charge in [0.25, 0.3) is 0 Å². The van der Waals surface area contributed by atoms with Gasteiger partial charge in [0.05, 0.1) is 10.1 Å². The number of guanidine groups is 2. The summed E-state index contributed by atoms with van der Waals surface area (Å²) in [7, 11) is 0. The van der Waals surface area contributed by atoms with Crippen molar-refractivity contribution < 1.29 is 0 Å². The number of thioether (sulfide) groups is 2. The van der Waals surface area contributed by atoms with E-state index in [9.17, 15) is 0 Å². The van der Waals surface area contributed by atoms with Crippen LogP contribution in [0.4, 0.5) is 10.3 Å². The van der Waals surface area contributed by atoms with Crippen LogP contribution in [0.15, 0.2) is 20.2 Å². The first-order valence-electron chi connectivity index (χ1n) is 14.6. The number of rotatable bonds is 8. The van der Waals surface area contributed by atoms with E-state index in [2.05, 4.69) is 67.9 Å². The molecule has 0 radical (unpaired) electrons. The van der Waals surface area contributed by atoms with Crippen molar-refractivity contribution in [3.05, 3.63) is 10.0 Å². The van der Waals surface area contributed by atoms with Gasteiger partial charge >= 0.3 is 0 Å². The highest BCUT2D eigenvalue weighted by Gasteiger charge is 2.37. The fourth-order valence-electron chi connectivity index (χ4n) is 4.91. The lowest BCUT2D eigenvalue weighted by molar-refractivity contribution is 0.206. The number of hydrogen-bond acceptors (Lipinski definition) is 12. The van der Waals surface area contributed by atoms with E-state index in [1.54, 1.807) is 0 Å². The van der Waals surface area contributed by atoms with Gasteiger partial charge in [-0.3, -0.25) is 0 Å². The number of nitrogens with zero attached hydrogens (tertiary/aromatic N) is 12. The first-order chi connectivity index (χ1) is 20.3. The second-order valence-electron chi connectivity index (χ2n) is 10.4. The number of hydrogen-bond donors (Lipinski definition) is 0. The Balaban J connectivity index is 1.40. The summed E-state index contributed by atoms with van der Waals surface area (Å²) in [5, 5.41) is 36.9. The Morgan fingerprint density at radius 2 is 1.07 bits per heavy atom. The molecular weight excluding hydrogens is 609 g/mol. The summed E-state index contributed by atoms with van der Waals surface area (Å²) in [6.07, 6.45) is 6.70. The first kappa shape index (κ1) is 31.1. The highest BCUT2D eigenvalue weighted by Crippen LogP contribution is 2.34. The van der Waals surface area contributed by atoms with Gasteiger partial charge in [-0.1, -0.05) is 85.7 Å². The zero-order valence-electron chi connectivity index (χ0n) is 25.2. The van der Waals surface area contributed by atoms with E-state index in [1.807, 2.05) is 37.4 Å². The molecule has 0 bridgehead atoms. The zero-order valence-corrected chi connectivity index (χ0v) is 28.5. The van der Waals surface area contributed by atoms with Crippen molar-refractivity contribution in [1.82, 2.24) is 40.2 Å². The standard InChI is InChI=1S/C26H40N12S4/c1-7-9-11-21-37(33-19(5)39-21)25(27-23-31-29-17(3)41-23)35-13-15-36(16-14-35)26(28-24-32-30-18(4)42-24)38-22(12-10-8-2)40-20(6)34-38/h21-22H,7-16H2,1-6H3/t21-,22-/m1/s1. The van der Waals surface area contributed by atoms with Crippen LogP contribution in [0.1, 0.15) is 76.2 Å². The van der Waals surface area contributed by atoms with Gasteiger partial charge in [-0.05, 0) is 40.5 Å². The van der Waals surface area contributed by atoms with Gasteiger partial charge in [0.15, 0.2) is 0 Å². The normalized spacial score (nSPS) is 22.0. The highest BCUT2D eigenvalue weighted by atomic mass is 32.2. The summed E-state index contributed by atoms with van der Waals surface area (Å²) in [5.41, 5.74) is 0. The van der Waals surface area contributed by atoms with E-state index in [0.717, 1.165) is 96.7 Å². The summed E-state index contributed by atoms with van der Waals surface area (Å²) in [6, 6.07) is 0. The number of aryl methyl sites for hydroxylation is 2. The first-order valence-corrected chi connectivity index (χ1v) is 18.0. The molecule has 0 aromatic carbocycles. The largest absolute Gasteiger partial charge is 0.337 e. The molecule has 2 aromatic rings. The van der Waals surface area contributed by atoms with Crippen LogP contribution in [0.25, 0.3) is 0 Å². The highest BCUT2D eigenvalue weighted by molar-refractivity contribution is 8.14. The Morgan fingerprint density at radius 3 is 1.40 bits per heavy atom. The topological polar surface area (TPSA) is 114 Å². The Bertz CT molecular complexity index is 1230. The van der Waals surface area contributed by atoms with Gasteiger partial charge in [0.2, 0.25) is 22.2 Å². The van der Waals surface area contributed by atoms with Crippen molar-refractivity contribution in [2.75, 3.05) is 26.2 Å². The maximum atomic E-state index is 5.04. The lowest BCUT2D eigenvalue weighted by Gasteiger charge is -2.41. The van der Waals surface area contributed by atoms with E-state index in [1.165, 1.54) is 22.7 Å². The smallest absolute Gasteiger partial charge is 0.234 e. The minimum Gasteiger partial charge on any atom is -0.337 e. The maximum absolute atomic E-state index is 5.04. The van der Waals surface area contributed by atoms with Crippen LogP contribution in [0.5, 0.6) is 0 Å². The molecular formula is C26H40N12S4. The SMILES string of the molecule is CCCC[C@H]1SC(C)=NN1C(=Nc1nnc(C)s1)N1CCN(C(=Nc2nnc(C)s2)N2N=C(C)S[C@@H]2CCCC)CC1. The molecule has 3 aliphatic rings. The van der Waals surface area contributed by atoms with Crippen molar-refractivity contribution in [1.29, 1.82) is 0 Å². The molecule has 3 aliphatic heterocycles. The summed E-state index contributed by atoms with van der Waals surface area (Å²) in [6.45, 7) is 15.6. The van der Waals surface area contributed by atoms with Gasteiger partial charge < -0.3 is 9.80 Å². The van der Waals surface area contributed by atoms with Gasteiger partial charge in [-0.25, -0.2) is 10.0 Å². The predicted molar refractivity (Wildman–Crippen MR) is 178 cm³/mol. The predicted octanol–water partition coefficient (Wildman–Crippen LogP) is 6.10. The summed E-state index contributed by atoms with van der Waals surface area (Å²) in [4.78, 5) is 14.8. The van der Waals surface area contributed by atoms with Crippen LogP contribution in [-0.4, -0.2) is 99.1 Å². The summed E-state index contributed by atoms with van der Waals surface area (Å²) >= 11 is 6.67. The van der Waals surface area contributed by atoms with Crippen molar-refractivity contribution in [3.8, 4) is 0 Å². The third kappa shape index (κ3) is 7.61. The fourth-order valence-corrected chi connectivity index (χ4v) is 8.13. The molecule has 5 rings (SSSR count). The average Bonchev–Trinajstić information content (AvgIpc) is 3.76. The van der Waals surface area contributed by atoms with Crippen molar-refractivity contribution in [3.63, 3.8) is 0 Å². The van der Waals surface area contributed by atoms with Gasteiger partial charge in [0.1, 0.15) is 20.8 Å². The average molecular weight is 649 g/mol. The molecule has 0 amide bonds. The third-order valence-corrected chi connectivity index (χ3v) is 10.7. The Hall–Kier alpha value is -2.30. The zero-order chi connectivity index (χ0) is 29.6. The molecule has 0 N–H and O–H groups in total. The van der Waals surface area contributed by atoms with E-state index in [4.69, 9.17) is 20.2 Å². The van der Waals surface area contributed by atoms with Crippen molar-refractivity contribution in [2.24, 2.45) is 20.2 Å². The van der Waals surface area contributed by atoms with E-state index >= 15 is 0 Å². The maximum Gasteiger partial charge on any atom is 0.234 e. The Kier molecular flexibility index (Phi) is 10.7. The number of hydrazone groups is 2. The van der Waals surface area contributed by atoms with Crippen molar-refractivity contribution in [2.45, 2.75) is 90.8 Å². The minimum atomic E-state index is 0.228. The van der Waals surface area contributed by atoms with Crippen LogP contribution in [0.3, 0.4) is 0 Å². The number of unbranched alkanes of at least 4 members (excludes halogenated alkanes) is 2. The number of piperazine rings is 1. The lowest BCUT2D eigenvalue weighted by atomic mass is 10.2. The number of aliphatic imine (C=N–C) groups is 2. The lowest BCUT2D eigenvalue weighted by Crippen LogP contribution is -2.57. The molecule has 42 heavy (non-hydrogen) atoms. The molecule has 2 atom stereocenters. The van der Waals surface area contributed by atoms with Crippen LogP contribution in [0.2, 0.25) is 0 Å². The van der Waals surface area contributed by atoms with E-state index in [0.29, 0.717) is 10.3 Å². The van der Waals surface area contributed by atoms with Crippen LogP contribution >= 0.6 is 46.2 Å². The third-order valence-electron chi connectivity index (χ3n) is 6.94. The monoisotopic (exact) mass is 648 g/mol. The molecule has 2 aromatic heterocycles. The van der Waals surface area contributed by atoms with Gasteiger partial charge in [0, 0.05) is 26.2 Å². The minimum absolute atomic E-state index is 0.228. The van der Waals surface area contributed by atoms with Crippen LogP contribution in [-0.2, 0) is 0 Å². The molecule has 1 fully saturated rings. The molecule has 228 valence electrons.